The number of rotatable bonds is 27. The van der Waals surface area contributed by atoms with Gasteiger partial charge in [0.05, 0.1) is 37.9 Å². The number of carbonyl (C=O) groups is 3. The number of amides is 2. The molecule has 2 unspecified atom stereocenters. The molecule has 382 valence electrons. The van der Waals surface area contributed by atoms with Crippen molar-refractivity contribution in [3.63, 3.8) is 0 Å². The Kier molecular flexibility index (Phi) is 21.2. The number of ether oxygens (including phenoxy) is 3. The number of phosphoric acid groups is 3. The highest BCUT2D eigenvalue weighted by molar-refractivity contribution is 8.13. The second kappa shape index (κ2) is 25.0. The van der Waals surface area contributed by atoms with E-state index in [-0.39, 0.29) is 54.1 Å². The van der Waals surface area contributed by atoms with Gasteiger partial charge in [0.1, 0.15) is 42.4 Å². The summed E-state index contributed by atoms with van der Waals surface area (Å²) in [6.07, 6.45) is -6.65. The highest BCUT2D eigenvalue weighted by Gasteiger charge is 2.50. The first-order valence-corrected chi connectivity index (χ1v) is 26.4. The van der Waals surface area contributed by atoms with Crippen LogP contribution in [0.15, 0.2) is 12.7 Å². The van der Waals surface area contributed by atoms with Crippen molar-refractivity contribution in [1.29, 1.82) is 0 Å². The average Bonchev–Trinajstić information content (AvgIpc) is 3.79. The van der Waals surface area contributed by atoms with Gasteiger partial charge in [-0.25, -0.2) is 28.6 Å². The Morgan fingerprint density at radius 1 is 0.970 bits per heavy atom. The van der Waals surface area contributed by atoms with E-state index in [2.05, 4.69) is 34.4 Å². The SMILES string of the molecule is C[C@H](CCCCCC(=O)SCCNC(=O)CCNC(=O)[C@H](O)C(C)(C)COP(=O)(O)OP(=O)(O)OC[C@H]1O[C@@H](n2cnc3c(N)ncnc32)[C@H](O)[C@@H]1OP(=O)(O)O)O[C@@H]1O[C@@H](C)[C@H](O)C[C@H]1O. The van der Waals surface area contributed by atoms with Crippen LogP contribution in [0.5, 0.6) is 0 Å². The second-order valence-electron chi connectivity index (χ2n) is 16.4. The fourth-order valence-corrected chi connectivity index (χ4v) is 10.2. The molecule has 28 nitrogen and oxygen atoms in total. The molecule has 2 aliphatic heterocycles. The molecular formula is C35H60N7O21P3S. The number of aliphatic hydroxyl groups excluding tert-OH is 4. The van der Waals surface area contributed by atoms with Crippen LogP contribution in [-0.4, -0.2) is 164 Å². The predicted molar refractivity (Wildman–Crippen MR) is 232 cm³/mol. The molecule has 4 heterocycles. The minimum absolute atomic E-state index is 0.0231. The van der Waals surface area contributed by atoms with Crippen molar-refractivity contribution in [2.24, 2.45) is 5.41 Å². The Hall–Kier alpha value is -2.60. The summed E-state index contributed by atoms with van der Waals surface area (Å²) in [4.78, 5) is 88.3. The van der Waals surface area contributed by atoms with Crippen molar-refractivity contribution >= 4 is 69.1 Å². The highest BCUT2D eigenvalue weighted by atomic mass is 32.2. The van der Waals surface area contributed by atoms with Crippen molar-refractivity contribution in [2.75, 3.05) is 37.8 Å². The third kappa shape index (κ3) is 17.9. The zero-order chi connectivity index (χ0) is 49.9. The molecule has 12 N–H and O–H groups in total. The lowest BCUT2D eigenvalue weighted by molar-refractivity contribution is -0.273. The molecule has 0 aromatic carbocycles. The first-order valence-electron chi connectivity index (χ1n) is 20.9. The summed E-state index contributed by atoms with van der Waals surface area (Å²) in [5.74, 6) is -1.19. The third-order valence-corrected chi connectivity index (χ3v) is 14.3. The number of unbranched alkanes of at least 4 members (excludes halogenated alkanes) is 2. The molecular weight excluding hydrogens is 979 g/mol. The molecule has 0 spiro atoms. The number of hydrogen-bond donors (Lipinski definition) is 11. The lowest BCUT2D eigenvalue weighted by Crippen LogP contribution is -2.48. The van der Waals surface area contributed by atoms with Gasteiger partial charge >= 0.3 is 23.5 Å². The summed E-state index contributed by atoms with van der Waals surface area (Å²) in [5, 5.41) is 46.4. The van der Waals surface area contributed by atoms with Crippen LogP contribution in [0.25, 0.3) is 11.2 Å². The van der Waals surface area contributed by atoms with Gasteiger partial charge in [-0.2, -0.15) is 4.31 Å². The maximum Gasteiger partial charge on any atom is 0.481 e. The van der Waals surface area contributed by atoms with E-state index in [0.717, 1.165) is 41.8 Å². The maximum absolute atomic E-state index is 12.7. The molecule has 2 aromatic rings. The van der Waals surface area contributed by atoms with E-state index in [1.54, 1.807) is 6.92 Å². The number of hydrogen-bond acceptors (Lipinski definition) is 22. The third-order valence-electron chi connectivity index (χ3n) is 10.3. The number of nitrogens with two attached hydrogens (primary N) is 1. The van der Waals surface area contributed by atoms with Crippen LogP contribution >= 0.6 is 35.2 Å². The Labute approximate surface area is 388 Å². The quantitative estimate of drug-likeness (QED) is 0.0410. The van der Waals surface area contributed by atoms with E-state index in [1.807, 2.05) is 6.92 Å². The maximum atomic E-state index is 12.7. The molecule has 2 amide bonds. The lowest BCUT2D eigenvalue weighted by atomic mass is 9.87. The largest absolute Gasteiger partial charge is 0.481 e. The Balaban J connectivity index is 1.11. The molecule has 2 saturated heterocycles. The molecule has 0 radical (unpaired) electrons. The van der Waals surface area contributed by atoms with E-state index in [9.17, 15) is 68.1 Å². The van der Waals surface area contributed by atoms with Crippen LogP contribution in [0.1, 0.15) is 78.9 Å². The van der Waals surface area contributed by atoms with Crippen LogP contribution in [-0.2, 0) is 60.2 Å². The van der Waals surface area contributed by atoms with Gasteiger partial charge in [-0.05, 0) is 26.7 Å². The minimum Gasteiger partial charge on any atom is -0.390 e. The smallest absolute Gasteiger partial charge is 0.390 e. The number of aliphatic hydroxyl groups is 4. The number of phosphoric ester groups is 3. The van der Waals surface area contributed by atoms with E-state index >= 15 is 0 Å². The van der Waals surface area contributed by atoms with Crippen LogP contribution in [0.2, 0.25) is 0 Å². The molecule has 2 aromatic heterocycles. The first kappa shape index (κ1) is 57.0. The van der Waals surface area contributed by atoms with E-state index < -0.39 is 109 Å². The van der Waals surface area contributed by atoms with Crippen LogP contribution in [0, 0.1) is 5.41 Å². The molecule has 0 saturated carbocycles. The highest BCUT2D eigenvalue weighted by Crippen LogP contribution is 2.61. The van der Waals surface area contributed by atoms with Crippen LogP contribution in [0.4, 0.5) is 5.82 Å². The Morgan fingerprint density at radius 2 is 1.67 bits per heavy atom. The number of anilines is 1. The summed E-state index contributed by atoms with van der Waals surface area (Å²) in [6.45, 7) is 3.97. The average molecular weight is 1040 g/mol. The number of nitrogens with one attached hydrogen (secondary N) is 2. The normalized spacial score (nSPS) is 26.4. The van der Waals surface area contributed by atoms with Crippen molar-refractivity contribution in [1.82, 2.24) is 30.2 Å². The molecule has 32 heteroatoms. The van der Waals surface area contributed by atoms with E-state index in [1.165, 1.54) is 13.8 Å². The summed E-state index contributed by atoms with van der Waals surface area (Å²) < 4.78 is 73.7. The van der Waals surface area contributed by atoms with Gasteiger partial charge in [-0.1, -0.05) is 38.5 Å². The monoisotopic (exact) mass is 1040 g/mol. The first-order chi connectivity index (χ1) is 31.2. The number of imidazole rings is 1. The van der Waals surface area contributed by atoms with Crippen LogP contribution in [0.3, 0.4) is 0 Å². The van der Waals surface area contributed by atoms with Crippen molar-refractivity contribution < 1.29 is 100 Å². The zero-order valence-corrected chi connectivity index (χ0v) is 40.4. The molecule has 12 atom stereocenters. The molecule has 2 aliphatic rings. The number of nitrogens with zero attached hydrogens (tertiary/aromatic N) is 4. The summed E-state index contributed by atoms with van der Waals surface area (Å²) in [5.41, 5.74) is 4.23. The van der Waals surface area contributed by atoms with E-state index in [4.69, 9.17) is 29.0 Å². The van der Waals surface area contributed by atoms with Gasteiger partial charge in [0.15, 0.2) is 29.1 Å². The predicted octanol–water partition coefficient (Wildman–Crippen LogP) is -0.123. The minimum atomic E-state index is -5.59. The number of nitrogen functional groups attached to an aromatic ring is 1. The van der Waals surface area contributed by atoms with Crippen molar-refractivity contribution in [2.45, 2.75) is 134 Å². The van der Waals surface area contributed by atoms with Crippen molar-refractivity contribution in [3.8, 4) is 0 Å². The molecule has 67 heavy (non-hydrogen) atoms. The van der Waals surface area contributed by atoms with Gasteiger partial charge < -0.3 is 70.6 Å². The molecule has 0 aliphatic carbocycles. The van der Waals surface area contributed by atoms with Crippen LogP contribution < -0.4 is 16.4 Å². The zero-order valence-electron chi connectivity index (χ0n) is 36.9. The number of aromatic nitrogens is 4. The molecule has 2 fully saturated rings. The topological polar surface area (TPSA) is 423 Å². The standard InChI is InChI=1S/C35H60N7O21P3S/c1-19(59-34-22(44)14-21(43)20(2)60-34)8-6-5-7-9-25(46)67-13-12-37-24(45)10-11-38-32(49)29(48)35(3,4)16-58-66(55,56)63-65(53,54)57-15-23-28(62-64(50,51)52)27(47)33(61-23)42-18-41-26-30(36)39-17-40-31(26)42/h17-23,27-29,33-34,43-44,47-48H,5-16H2,1-4H3,(H,37,45)(H,38,49)(H,53,54)(H,55,56)(H2,36,39,40)(H2,50,51,52)/t19-,20+,21-,22-,23-,27-,28-,29+,33-,34-/m1/s1. The number of thioether (sulfide) groups is 1. The Morgan fingerprint density at radius 3 is 2.37 bits per heavy atom. The van der Waals surface area contributed by atoms with Crippen molar-refractivity contribution in [3.05, 3.63) is 12.7 Å². The number of fused-ring (bicyclic) bond motifs is 1. The number of carbonyl (C=O) groups excluding carboxylic acids is 3. The Bertz CT molecular complexity index is 2120. The molecule has 0 bridgehead atoms. The summed E-state index contributed by atoms with van der Waals surface area (Å²) in [7, 11) is -16.5. The van der Waals surface area contributed by atoms with Gasteiger partial charge in [0.2, 0.25) is 11.8 Å². The lowest BCUT2D eigenvalue weighted by Gasteiger charge is -2.36. The van der Waals surface area contributed by atoms with Gasteiger partial charge in [0, 0.05) is 43.5 Å². The van der Waals surface area contributed by atoms with E-state index in [0.29, 0.717) is 25.0 Å². The summed E-state index contributed by atoms with van der Waals surface area (Å²) in [6, 6.07) is 0. The fourth-order valence-electron chi connectivity index (χ4n) is 6.61. The van der Waals surface area contributed by atoms with Gasteiger partial charge in [0.25, 0.3) is 0 Å². The fraction of sp³-hybridized carbons (Fsp3) is 0.771. The summed E-state index contributed by atoms with van der Waals surface area (Å²) >= 11 is 1.07. The van der Waals surface area contributed by atoms with Gasteiger partial charge in [-0.3, -0.25) is 32.5 Å². The van der Waals surface area contributed by atoms with Gasteiger partial charge in [-0.15, -0.1) is 0 Å². The molecule has 4 rings (SSSR count). The second-order valence-corrected chi connectivity index (χ2v) is 21.8.